The summed E-state index contributed by atoms with van der Waals surface area (Å²) in [5.74, 6) is 1.93. The van der Waals surface area contributed by atoms with Crippen LogP contribution in [0.1, 0.15) is 61.7 Å². The molecule has 0 spiro atoms. The summed E-state index contributed by atoms with van der Waals surface area (Å²) < 4.78 is 5.98. The van der Waals surface area contributed by atoms with Crippen molar-refractivity contribution in [3.63, 3.8) is 0 Å². The summed E-state index contributed by atoms with van der Waals surface area (Å²) in [5.41, 5.74) is 2.27. The van der Waals surface area contributed by atoms with Gasteiger partial charge in [-0.05, 0) is 43.2 Å². The van der Waals surface area contributed by atoms with E-state index in [0.717, 1.165) is 35.1 Å². The molecule has 1 aliphatic carbocycles. The van der Waals surface area contributed by atoms with Gasteiger partial charge in [0, 0.05) is 31.2 Å². The standard InChI is InChI=1S/C20H29N5OS.HI/c1-14(2)17-13-27-19(25-17)12-24-20(21-3)23-11-15-8-9-22-18(10-15)26-16-6-4-5-7-16;/h8-10,13-14,16H,4-7,11-12H2,1-3H3,(H2,21,23,24);1H. The summed E-state index contributed by atoms with van der Waals surface area (Å²) >= 11 is 1.68. The second kappa shape index (κ2) is 11.5. The number of nitrogens with one attached hydrogen (secondary N) is 2. The normalized spacial score (nSPS) is 14.8. The van der Waals surface area contributed by atoms with Crippen LogP contribution in [0, 0.1) is 0 Å². The second-order valence-electron chi connectivity index (χ2n) is 7.13. The number of pyridine rings is 1. The van der Waals surface area contributed by atoms with Crippen molar-refractivity contribution >= 4 is 41.3 Å². The summed E-state index contributed by atoms with van der Waals surface area (Å²) in [6.07, 6.45) is 6.91. The van der Waals surface area contributed by atoms with Crippen molar-refractivity contribution in [3.8, 4) is 5.88 Å². The molecular weight excluding hydrogens is 485 g/mol. The summed E-state index contributed by atoms with van der Waals surface area (Å²) in [7, 11) is 1.78. The Balaban J connectivity index is 0.00000280. The Hall–Kier alpha value is -1.42. The van der Waals surface area contributed by atoms with Crippen LogP contribution in [0.4, 0.5) is 0 Å². The molecule has 8 heteroatoms. The molecule has 1 aliphatic rings. The Morgan fingerprint density at radius 3 is 2.71 bits per heavy atom. The first-order chi connectivity index (χ1) is 13.1. The molecule has 2 aromatic rings. The Morgan fingerprint density at radius 2 is 2.04 bits per heavy atom. The maximum absolute atomic E-state index is 5.98. The number of halogens is 1. The first kappa shape index (κ1) is 22.9. The van der Waals surface area contributed by atoms with Crippen molar-refractivity contribution in [1.82, 2.24) is 20.6 Å². The maximum Gasteiger partial charge on any atom is 0.213 e. The van der Waals surface area contributed by atoms with Gasteiger partial charge in [-0.3, -0.25) is 4.99 Å². The number of hydrogen-bond acceptors (Lipinski definition) is 5. The molecule has 2 aromatic heterocycles. The third-order valence-electron chi connectivity index (χ3n) is 4.64. The molecule has 154 valence electrons. The van der Waals surface area contributed by atoms with Crippen LogP contribution in [0.15, 0.2) is 28.7 Å². The fourth-order valence-corrected chi connectivity index (χ4v) is 3.93. The van der Waals surface area contributed by atoms with E-state index in [9.17, 15) is 0 Å². The quantitative estimate of drug-likeness (QED) is 0.324. The molecule has 0 aliphatic heterocycles. The molecule has 2 heterocycles. The number of guanidine groups is 1. The minimum atomic E-state index is 0. The first-order valence-electron chi connectivity index (χ1n) is 9.64. The fourth-order valence-electron chi connectivity index (χ4n) is 3.04. The van der Waals surface area contributed by atoms with Crippen LogP contribution in [0.5, 0.6) is 5.88 Å². The number of ether oxygens (including phenoxy) is 1. The molecule has 3 rings (SSSR count). The van der Waals surface area contributed by atoms with Crippen molar-refractivity contribution in [1.29, 1.82) is 0 Å². The van der Waals surface area contributed by atoms with Gasteiger partial charge in [-0.15, -0.1) is 35.3 Å². The second-order valence-corrected chi connectivity index (χ2v) is 8.07. The van der Waals surface area contributed by atoms with Crippen LogP contribution in [0.3, 0.4) is 0 Å². The Kier molecular flexibility index (Phi) is 9.43. The van der Waals surface area contributed by atoms with Gasteiger partial charge in [0.15, 0.2) is 5.96 Å². The average molecular weight is 515 g/mol. The van der Waals surface area contributed by atoms with Gasteiger partial charge < -0.3 is 15.4 Å². The lowest BCUT2D eigenvalue weighted by atomic mass is 10.2. The number of aromatic nitrogens is 2. The van der Waals surface area contributed by atoms with Crippen molar-refractivity contribution < 1.29 is 4.74 Å². The van der Waals surface area contributed by atoms with Crippen LogP contribution >= 0.6 is 35.3 Å². The van der Waals surface area contributed by atoms with E-state index in [4.69, 9.17) is 4.74 Å². The number of nitrogens with zero attached hydrogens (tertiary/aromatic N) is 3. The van der Waals surface area contributed by atoms with Crippen molar-refractivity contribution in [2.45, 2.75) is 64.6 Å². The van der Waals surface area contributed by atoms with E-state index < -0.39 is 0 Å². The summed E-state index contributed by atoms with van der Waals surface area (Å²) in [6.45, 7) is 5.65. The topological polar surface area (TPSA) is 71.4 Å². The predicted octanol–water partition coefficient (Wildman–Crippen LogP) is 4.47. The highest BCUT2D eigenvalue weighted by molar-refractivity contribution is 14.0. The highest BCUT2D eigenvalue weighted by atomic mass is 127. The molecule has 1 saturated carbocycles. The fraction of sp³-hybridized carbons (Fsp3) is 0.550. The molecule has 6 nitrogen and oxygen atoms in total. The smallest absolute Gasteiger partial charge is 0.213 e. The molecule has 0 atom stereocenters. The van der Waals surface area contributed by atoms with Crippen molar-refractivity contribution in [2.75, 3.05) is 7.05 Å². The van der Waals surface area contributed by atoms with Gasteiger partial charge in [-0.1, -0.05) is 13.8 Å². The number of rotatable bonds is 7. The zero-order valence-electron chi connectivity index (χ0n) is 16.8. The van der Waals surface area contributed by atoms with E-state index in [1.165, 1.54) is 12.8 Å². The minimum Gasteiger partial charge on any atom is -0.474 e. The molecule has 0 unspecified atom stereocenters. The van der Waals surface area contributed by atoms with Gasteiger partial charge in [0.1, 0.15) is 11.1 Å². The third kappa shape index (κ3) is 6.88. The number of aliphatic imine (C=N–C) groups is 1. The van der Waals surface area contributed by atoms with E-state index in [1.54, 1.807) is 24.6 Å². The highest BCUT2D eigenvalue weighted by Gasteiger charge is 2.17. The third-order valence-corrected chi connectivity index (χ3v) is 5.51. The lowest BCUT2D eigenvalue weighted by Crippen LogP contribution is -2.36. The van der Waals surface area contributed by atoms with E-state index in [-0.39, 0.29) is 24.0 Å². The molecule has 28 heavy (non-hydrogen) atoms. The van der Waals surface area contributed by atoms with Gasteiger partial charge in [0.25, 0.3) is 0 Å². The predicted molar refractivity (Wildman–Crippen MR) is 126 cm³/mol. The molecule has 1 fully saturated rings. The lowest BCUT2D eigenvalue weighted by molar-refractivity contribution is 0.201. The first-order valence-corrected chi connectivity index (χ1v) is 10.5. The van der Waals surface area contributed by atoms with Gasteiger partial charge in [0.05, 0.1) is 12.2 Å². The van der Waals surface area contributed by atoms with Crippen molar-refractivity contribution in [2.24, 2.45) is 4.99 Å². The van der Waals surface area contributed by atoms with Gasteiger partial charge in [0.2, 0.25) is 5.88 Å². The molecule has 0 radical (unpaired) electrons. The Bertz CT molecular complexity index is 759. The van der Waals surface area contributed by atoms with Crippen LogP contribution in [-0.2, 0) is 13.1 Å². The van der Waals surface area contributed by atoms with Crippen LogP contribution < -0.4 is 15.4 Å². The Labute approximate surface area is 188 Å². The maximum atomic E-state index is 5.98. The minimum absolute atomic E-state index is 0. The van der Waals surface area contributed by atoms with E-state index in [1.807, 2.05) is 12.1 Å². The zero-order chi connectivity index (χ0) is 19.1. The molecule has 0 amide bonds. The molecule has 0 saturated heterocycles. The Morgan fingerprint density at radius 1 is 1.29 bits per heavy atom. The number of thiazole rings is 1. The van der Waals surface area contributed by atoms with Gasteiger partial charge in [-0.2, -0.15) is 0 Å². The highest BCUT2D eigenvalue weighted by Crippen LogP contribution is 2.23. The molecule has 0 bridgehead atoms. The van der Waals surface area contributed by atoms with Crippen LogP contribution in [0.2, 0.25) is 0 Å². The monoisotopic (exact) mass is 515 g/mol. The SMILES string of the molecule is CN=C(NCc1ccnc(OC2CCCC2)c1)NCc1nc(C(C)C)cs1.I. The van der Waals surface area contributed by atoms with E-state index >= 15 is 0 Å². The molecular formula is C20H30IN5OS. The summed E-state index contributed by atoms with van der Waals surface area (Å²) in [6, 6.07) is 4.01. The largest absolute Gasteiger partial charge is 0.474 e. The lowest BCUT2D eigenvalue weighted by Gasteiger charge is -2.14. The van der Waals surface area contributed by atoms with Crippen molar-refractivity contribution in [3.05, 3.63) is 40.0 Å². The van der Waals surface area contributed by atoms with Crippen LogP contribution in [-0.4, -0.2) is 29.1 Å². The summed E-state index contributed by atoms with van der Waals surface area (Å²) in [5, 5.41) is 9.85. The molecule has 0 aromatic carbocycles. The van der Waals surface area contributed by atoms with E-state index in [2.05, 4.69) is 44.8 Å². The van der Waals surface area contributed by atoms with Gasteiger partial charge in [-0.25, -0.2) is 9.97 Å². The average Bonchev–Trinajstić information content (AvgIpc) is 3.34. The van der Waals surface area contributed by atoms with Crippen LogP contribution in [0.25, 0.3) is 0 Å². The van der Waals surface area contributed by atoms with Gasteiger partial charge >= 0.3 is 0 Å². The van der Waals surface area contributed by atoms with E-state index in [0.29, 0.717) is 31.0 Å². The zero-order valence-corrected chi connectivity index (χ0v) is 19.9. The molecule has 2 N–H and O–H groups in total. The number of hydrogen-bond donors (Lipinski definition) is 2. The summed E-state index contributed by atoms with van der Waals surface area (Å²) in [4.78, 5) is 13.3.